The van der Waals surface area contributed by atoms with Gasteiger partial charge in [-0.3, -0.25) is 9.59 Å². The molecule has 1 saturated heterocycles. The molecule has 1 N–H and O–H groups in total. The van der Waals surface area contributed by atoms with Gasteiger partial charge in [-0.2, -0.15) is 0 Å². The highest BCUT2D eigenvalue weighted by atomic mass is 16.2. The van der Waals surface area contributed by atoms with E-state index >= 15 is 0 Å². The van der Waals surface area contributed by atoms with Crippen LogP contribution in [0, 0.1) is 20.8 Å². The molecule has 0 radical (unpaired) electrons. The van der Waals surface area contributed by atoms with Gasteiger partial charge in [0, 0.05) is 5.69 Å². The summed E-state index contributed by atoms with van der Waals surface area (Å²) in [5, 5.41) is 3.26. The Balaban J connectivity index is 1.85. The Morgan fingerprint density at radius 3 is 2.17 bits per heavy atom. The zero-order valence-corrected chi connectivity index (χ0v) is 13.6. The molecule has 0 saturated carbocycles. The number of nitrogens with zero attached hydrogens (tertiary/aromatic N) is 1. The van der Waals surface area contributed by atoms with Crippen LogP contribution in [0.2, 0.25) is 0 Å². The Bertz CT molecular complexity index is 745. The molecule has 1 fully saturated rings. The van der Waals surface area contributed by atoms with Crippen molar-refractivity contribution in [3.05, 3.63) is 59.2 Å². The van der Waals surface area contributed by atoms with Gasteiger partial charge in [0.05, 0.1) is 12.1 Å². The minimum atomic E-state index is -0.511. The summed E-state index contributed by atoms with van der Waals surface area (Å²) in [7, 11) is 0. The van der Waals surface area contributed by atoms with Gasteiger partial charge in [0.1, 0.15) is 6.04 Å². The Labute approximate surface area is 136 Å². The molecule has 0 aromatic heterocycles. The summed E-state index contributed by atoms with van der Waals surface area (Å²) in [6.45, 7) is 5.96. The molecule has 2 amide bonds. The monoisotopic (exact) mass is 308 g/mol. The quantitative estimate of drug-likeness (QED) is 0.885. The maximum Gasteiger partial charge on any atom is 0.256 e. The third-order valence-corrected chi connectivity index (χ3v) is 4.24. The fourth-order valence-electron chi connectivity index (χ4n) is 2.93. The number of benzene rings is 2. The van der Waals surface area contributed by atoms with Gasteiger partial charge < -0.3 is 5.32 Å². The maximum absolute atomic E-state index is 12.7. The molecule has 4 nitrogen and oxygen atoms in total. The number of carbonyl (C=O) groups is 2. The van der Waals surface area contributed by atoms with Crippen molar-refractivity contribution in [3.8, 4) is 0 Å². The van der Waals surface area contributed by atoms with Gasteiger partial charge in [0.15, 0.2) is 0 Å². The highest BCUT2D eigenvalue weighted by molar-refractivity contribution is 6.23. The van der Waals surface area contributed by atoms with Gasteiger partial charge in [-0.15, -0.1) is 0 Å². The van der Waals surface area contributed by atoms with Crippen LogP contribution in [-0.2, 0) is 9.59 Å². The smallest absolute Gasteiger partial charge is 0.256 e. The Morgan fingerprint density at radius 1 is 0.957 bits per heavy atom. The summed E-state index contributed by atoms with van der Waals surface area (Å²) in [4.78, 5) is 26.3. The lowest BCUT2D eigenvalue weighted by Crippen LogP contribution is -2.35. The molecular weight excluding hydrogens is 288 g/mol. The fourth-order valence-corrected chi connectivity index (χ4v) is 2.93. The molecule has 4 heteroatoms. The van der Waals surface area contributed by atoms with Crippen molar-refractivity contribution < 1.29 is 9.59 Å². The van der Waals surface area contributed by atoms with Gasteiger partial charge in [0.2, 0.25) is 5.91 Å². The number of hydrogen-bond donors (Lipinski definition) is 1. The average molecular weight is 308 g/mol. The lowest BCUT2D eigenvalue weighted by atomic mass is 10.1. The van der Waals surface area contributed by atoms with Crippen LogP contribution in [0.3, 0.4) is 0 Å². The van der Waals surface area contributed by atoms with E-state index in [0.29, 0.717) is 5.69 Å². The van der Waals surface area contributed by atoms with Gasteiger partial charge >= 0.3 is 0 Å². The Kier molecular flexibility index (Phi) is 3.90. The average Bonchev–Trinajstić information content (AvgIpc) is 2.79. The number of aryl methyl sites for hydroxylation is 3. The highest BCUT2D eigenvalue weighted by Crippen LogP contribution is 2.27. The van der Waals surface area contributed by atoms with Gasteiger partial charge in [-0.25, -0.2) is 4.90 Å². The topological polar surface area (TPSA) is 49.4 Å². The molecule has 1 heterocycles. The molecule has 0 bridgehead atoms. The summed E-state index contributed by atoms with van der Waals surface area (Å²) >= 11 is 0. The first-order valence-corrected chi connectivity index (χ1v) is 7.73. The normalized spacial score (nSPS) is 17.7. The first-order chi connectivity index (χ1) is 11.0. The summed E-state index contributed by atoms with van der Waals surface area (Å²) in [5.41, 5.74) is 4.80. The fraction of sp³-hybridized carbons (Fsp3) is 0.263. The van der Waals surface area contributed by atoms with Crippen molar-refractivity contribution in [1.82, 2.24) is 0 Å². The van der Waals surface area contributed by atoms with Gasteiger partial charge in [0.25, 0.3) is 5.91 Å². The van der Waals surface area contributed by atoms with Crippen molar-refractivity contribution in [1.29, 1.82) is 0 Å². The molecule has 23 heavy (non-hydrogen) atoms. The third-order valence-electron chi connectivity index (χ3n) is 4.24. The molecule has 1 atom stereocenters. The van der Waals surface area contributed by atoms with E-state index in [1.165, 1.54) is 4.90 Å². The Morgan fingerprint density at radius 2 is 1.57 bits per heavy atom. The molecule has 2 aromatic carbocycles. The summed E-state index contributed by atoms with van der Waals surface area (Å²) in [5.74, 6) is -0.357. The summed E-state index contributed by atoms with van der Waals surface area (Å²) in [6.07, 6.45) is 0.181. The molecule has 0 aliphatic carbocycles. The maximum atomic E-state index is 12.7. The molecular formula is C19H20N2O2. The van der Waals surface area contributed by atoms with E-state index in [2.05, 4.69) is 5.32 Å². The predicted octanol–water partition coefficient (Wildman–Crippen LogP) is 3.36. The molecule has 0 spiro atoms. The zero-order chi connectivity index (χ0) is 16.6. The first kappa shape index (κ1) is 15.3. The molecule has 2 aromatic rings. The minimum absolute atomic E-state index is 0.164. The summed E-state index contributed by atoms with van der Waals surface area (Å²) < 4.78 is 0. The second-order valence-electron chi connectivity index (χ2n) is 6.07. The van der Waals surface area contributed by atoms with E-state index in [1.54, 1.807) is 0 Å². The van der Waals surface area contributed by atoms with E-state index < -0.39 is 6.04 Å². The predicted molar refractivity (Wildman–Crippen MR) is 91.6 cm³/mol. The van der Waals surface area contributed by atoms with Crippen LogP contribution in [0.4, 0.5) is 11.4 Å². The highest BCUT2D eigenvalue weighted by Gasteiger charge is 2.39. The van der Waals surface area contributed by atoms with Crippen molar-refractivity contribution in [3.63, 3.8) is 0 Å². The number of nitrogens with one attached hydrogen (secondary N) is 1. The summed E-state index contributed by atoms with van der Waals surface area (Å²) in [6, 6.07) is 12.9. The number of imide groups is 1. The number of amides is 2. The van der Waals surface area contributed by atoms with Crippen molar-refractivity contribution >= 4 is 23.2 Å². The number of hydrogen-bond acceptors (Lipinski definition) is 3. The number of rotatable bonds is 3. The van der Waals surface area contributed by atoms with Gasteiger partial charge in [-0.1, -0.05) is 35.9 Å². The van der Waals surface area contributed by atoms with Crippen LogP contribution in [0.15, 0.2) is 42.5 Å². The van der Waals surface area contributed by atoms with Crippen LogP contribution in [-0.4, -0.2) is 17.9 Å². The lowest BCUT2D eigenvalue weighted by Gasteiger charge is -2.18. The zero-order valence-electron chi connectivity index (χ0n) is 13.6. The van der Waals surface area contributed by atoms with Crippen LogP contribution in [0.1, 0.15) is 23.1 Å². The number of carbonyl (C=O) groups excluding carboxylic acids is 2. The molecule has 1 unspecified atom stereocenters. The van der Waals surface area contributed by atoms with E-state index in [0.717, 1.165) is 22.4 Å². The molecule has 1 aliphatic rings. The van der Waals surface area contributed by atoms with Crippen molar-refractivity contribution in [2.45, 2.75) is 33.2 Å². The lowest BCUT2D eigenvalue weighted by molar-refractivity contribution is -0.121. The molecule has 1 aliphatic heterocycles. The van der Waals surface area contributed by atoms with E-state index in [-0.39, 0.29) is 18.2 Å². The molecule has 3 rings (SSSR count). The molecule has 118 valence electrons. The standard InChI is InChI=1S/C19H20N2O2/c1-12-7-9-15(10-8-12)21-17(22)11-16(19(21)23)20-18-13(2)5-4-6-14(18)3/h4-10,16,20H,11H2,1-3H3. The second kappa shape index (κ2) is 5.88. The number of anilines is 2. The first-order valence-electron chi connectivity index (χ1n) is 7.73. The SMILES string of the molecule is Cc1ccc(N2C(=O)CC(Nc3c(C)cccc3C)C2=O)cc1. The van der Waals surface area contributed by atoms with Crippen LogP contribution < -0.4 is 10.2 Å². The van der Waals surface area contributed by atoms with Crippen molar-refractivity contribution in [2.24, 2.45) is 0 Å². The van der Waals surface area contributed by atoms with Gasteiger partial charge in [-0.05, 0) is 44.0 Å². The second-order valence-corrected chi connectivity index (χ2v) is 6.07. The van der Waals surface area contributed by atoms with E-state index in [4.69, 9.17) is 0 Å². The van der Waals surface area contributed by atoms with E-state index in [9.17, 15) is 9.59 Å². The van der Waals surface area contributed by atoms with Crippen LogP contribution in [0.5, 0.6) is 0 Å². The minimum Gasteiger partial charge on any atom is -0.373 e. The van der Waals surface area contributed by atoms with Crippen LogP contribution >= 0.6 is 0 Å². The van der Waals surface area contributed by atoms with Crippen molar-refractivity contribution in [2.75, 3.05) is 10.2 Å². The van der Waals surface area contributed by atoms with E-state index in [1.807, 2.05) is 63.2 Å². The third kappa shape index (κ3) is 2.84. The van der Waals surface area contributed by atoms with Crippen LogP contribution in [0.25, 0.3) is 0 Å². The largest absolute Gasteiger partial charge is 0.373 e. The Hall–Kier alpha value is -2.62. The number of para-hydroxylation sites is 1.